The first-order valence-corrected chi connectivity index (χ1v) is 5.26. The van der Waals surface area contributed by atoms with Crippen LogP contribution in [0.1, 0.15) is 13.8 Å². The van der Waals surface area contributed by atoms with Gasteiger partial charge < -0.3 is 10.0 Å². The van der Waals surface area contributed by atoms with E-state index in [9.17, 15) is 0 Å². The molecule has 0 rings (SSSR count). The maximum Gasteiger partial charge on any atom is 0.0584 e. The molecule has 0 spiro atoms. The molecule has 0 radical (unpaired) electrons. The summed E-state index contributed by atoms with van der Waals surface area (Å²) in [4.78, 5) is 2.18. The summed E-state index contributed by atoms with van der Waals surface area (Å²) in [6.45, 7) is 5.53. The first-order chi connectivity index (χ1) is 5.22. The minimum absolute atomic E-state index is 0.257. The van der Waals surface area contributed by atoms with E-state index in [1.807, 2.05) is 18.7 Å². The second-order valence-electron chi connectivity index (χ2n) is 2.71. The molecule has 0 aliphatic carbocycles. The number of aliphatic hydroxyl groups is 1. The predicted molar refractivity (Wildman–Crippen MR) is 52.2 cm³/mol. The Hall–Kier alpha value is 0.270. The Balaban J connectivity index is 3.28. The summed E-state index contributed by atoms with van der Waals surface area (Å²) in [7, 11) is 2.05. The van der Waals surface area contributed by atoms with Gasteiger partial charge in [-0.3, -0.25) is 0 Å². The zero-order chi connectivity index (χ0) is 8.69. The number of thioether (sulfide) groups is 1. The van der Waals surface area contributed by atoms with Gasteiger partial charge >= 0.3 is 0 Å². The van der Waals surface area contributed by atoms with Crippen LogP contribution < -0.4 is 0 Å². The van der Waals surface area contributed by atoms with E-state index in [0.29, 0.717) is 6.04 Å². The van der Waals surface area contributed by atoms with Crippen molar-refractivity contribution in [2.75, 3.05) is 31.7 Å². The second-order valence-corrected chi connectivity index (χ2v) is 4.10. The summed E-state index contributed by atoms with van der Waals surface area (Å²) in [5.41, 5.74) is 0. The molecule has 0 aliphatic heterocycles. The number of nitrogens with zero attached hydrogens (tertiary/aromatic N) is 1. The monoisotopic (exact) mass is 177 g/mol. The van der Waals surface area contributed by atoms with Crippen molar-refractivity contribution in [3.05, 3.63) is 0 Å². The van der Waals surface area contributed by atoms with Crippen LogP contribution in [0.25, 0.3) is 0 Å². The van der Waals surface area contributed by atoms with E-state index in [1.54, 1.807) is 0 Å². The smallest absolute Gasteiger partial charge is 0.0584 e. The molecule has 0 amide bonds. The fraction of sp³-hybridized carbons (Fsp3) is 1.00. The summed E-state index contributed by atoms with van der Waals surface area (Å²) in [5, 5.41) is 8.81. The van der Waals surface area contributed by atoms with Crippen LogP contribution in [-0.2, 0) is 0 Å². The van der Waals surface area contributed by atoms with E-state index >= 15 is 0 Å². The molecule has 68 valence electrons. The molecule has 0 unspecified atom stereocenters. The maximum absolute atomic E-state index is 8.81. The highest BCUT2D eigenvalue weighted by molar-refractivity contribution is 7.99. The standard InChI is InChI=1S/C8H19NOS/c1-4-11-6-5-9(3)8(2)7-10/h8,10H,4-7H2,1-3H3/t8-/m0/s1. The van der Waals surface area contributed by atoms with Crippen LogP contribution in [0, 0.1) is 0 Å². The fourth-order valence-electron chi connectivity index (χ4n) is 0.713. The molecule has 3 heteroatoms. The molecule has 1 atom stereocenters. The van der Waals surface area contributed by atoms with Gasteiger partial charge in [0.05, 0.1) is 6.61 Å². The first-order valence-electron chi connectivity index (χ1n) is 4.11. The van der Waals surface area contributed by atoms with E-state index in [2.05, 4.69) is 18.9 Å². The normalized spacial score (nSPS) is 13.9. The molecule has 11 heavy (non-hydrogen) atoms. The van der Waals surface area contributed by atoms with E-state index in [1.165, 1.54) is 5.75 Å². The van der Waals surface area contributed by atoms with E-state index in [4.69, 9.17) is 5.11 Å². The van der Waals surface area contributed by atoms with Gasteiger partial charge in [0.25, 0.3) is 0 Å². The number of rotatable bonds is 6. The van der Waals surface area contributed by atoms with Crippen LogP contribution >= 0.6 is 11.8 Å². The Labute approximate surface area is 74.0 Å². The topological polar surface area (TPSA) is 23.5 Å². The van der Waals surface area contributed by atoms with Gasteiger partial charge in [-0.2, -0.15) is 11.8 Å². The molecular weight excluding hydrogens is 158 g/mol. The molecule has 0 aromatic carbocycles. The van der Waals surface area contributed by atoms with Crippen LogP contribution in [0.2, 0.25) is 0 Å². The molecule has 0 saturated heterocycles. The van der Waals surface area contributed by atoms with Crippen LogP contribution in [0.3, 0.4) is 0 Å². The Kier molecular flexibility index (Phi) is 7.12. The summed E-state index contributed by atoms with van der Waals surface area (Å²) in [6.07, 6.45) is 0. The van der Waals surface area contributed by atoms with Gasteiger partial charge in [0.15, 0.2) is 0 Å². The highest BCUT2D eigenvalue weighted by Gasteiger charge is 2.05. The lowest BCUT2D eigenvalue weighted by atomic mass is 10.3. The molecule has 0 fully saturated rings. The predicted octanol–water partition coefficient (Wildman–Crippen LogP) is 1.05. The van der Waals surface area contributed by atoms with Crippen molar-refractivity contribution in [3.63, 3.8) is 0 Å². The van der Waals surface area contributed by atoms with E-state index < -0.39 is 0 Å². The molecular formula is C8H19NOS. The lowest BCUT2D eigenvalue weighted by molar-refractivity contribution is 0.165. The van der Waals surface area contributed by atoms with Crippen molar-refractivity contribution in [2.24, 2.45) is 0 Å². The van der Waals surface area contributed by atoms with E-state index in [0.717, 1.165) is 12.3 Å². The molecule has 0 aromatic heterocycles. The minimum atomic E-state index is 0.257. The molecule has 0 heterocycles. The average Bonchev–Trinajstić information content (AvgIpc) is 2.03. The van der Waals surface area contributed by atoms with Crippen molar-refractivity contribution < 1.29 is 5.11 Å². The van der Waals surface area contributed by atoms with Crippen molar-refractivity contribution in [3.8, 4) is 0 Å². The molecule has 2 nitrogen and oxygen atoms in total. The van der Waals surface area contributed by atoms with Gasteiger partial charge in [0, 0.05) is 18.3 Å². The number of aliphatic hydroxyl groups excluding tert-OH is 1. The number of hydrogen-bond acceptors (Lipinski definition) is 3. The summed E-state index contributed by atoms with van der Waals surface area (Å²) < 4.78 is 0. The Morgan fingerprint density at radius 2 is 2.18 bits per heavy atom. The Morgan fingerprint density at radius 1 is 1.55 bits per heavy atom. The summed E-state index contributed by atoms with van der Waals surface area (Å²) in [6, 6.07) is 0.299. The molecule has 0 saturated carbocycles. The largest absolute Gasteiger partial charge is 0.395 e. The third-order valence-electron chi connectivity index (χ3n) is 1.81. The van der Waals surface area contributed by atoms with Gasteiger partial charge in [-0.25, -0.2) is 0 Å². The molecule has 1 N–H and O–H groups in total. The van der Waals surface area contributed by atoms with Crippen LogP contribution in [0.4, 0.5) is 0 Å². The molecule has 0 aliphatic rings. The van der Waals surface area contributed by atoms with Crippen LogP contribution in [0.15, 0.2) is 0 Å². The Morgan fingerprint density at radius 3 is 2.64 bits per heavy atom. The SMILES string of the molecule is CCSCCN(C)[C@@H](C)CO. The summed E-state index contributed by atoms with van der Waals surface area (Å²) >= 11 is 1.94. The van der Waals surface area contributed by atoms with Crippen LogP contribution in [-0.4, -0.2) is 47.8 Å². The number of hydrogen-bond donors (Lipinski definition) is 1. The fourth-order valence-corrected chi connectivity index (χ4v) is 1.42. The van der Waals surface area contributed by atoms with Gasteiger partial charge in [0.2, 0.25) is 0 Å². The zero-order valence-electron chi connectivity index (χ0n) is 7.71. The molecule has 0 bridgehead atoms. The van der Waals surface area contributed by atoms with Gasteiger partial charge in [-0.15, -0.1) is 0 Å². The third kappa shape index (κ3) is 5.53. The third-order valence-corrected chi connectivity index (χ3v) is 2.69. The summed E-state index contributed by atoms with van der Waals surface area (Å²) in [5.74, 6) is 2.35. The van der Waals surface area contributed by atoms with Crippen molar-refractivity contribution in [1.29, 1.82) is 0 Å². The lowest BCUT2D eigenvalue weighted by Gasteiger charge is -2.22. The van der Waals surface area contributed by atoms with Gasteiger partial charge in [-0.05, 0) is 19.7 Å². The van der Waals surface area contributed by atoms with Gasteiger partial charge in [-0.1, -0.05) is 6.92 Å². The first kappa shape index (κ1) is 11.3. The highest BCUT2D eigenvalue weighted by atomic mass is 32.2. The van der Waals surface area contributed by atoms with Crippen LogP contribution in [0.5, 0.6) is 0 Å². The van der Waals surface area contributed by atoms with Crippen molar-refractivity contribution >= 4 is 11.8 Å². The number of likely N-dealkylation sites (N-methyl/N-ethyl adjacent to an activating group) is 1. The average molecular weight is 177 g/mol. The van der Waals surface area contributed by atoms with Gasteiger partial charge in [0.1, 0.15) is 0 Å². The Bertz CT molecular complexity index is 90.2. The highest BCUT2D eigenvalue weighted by Crippen LogP contribution is 2.00. The minimum Gasteiger partial charge on any atom is -0.395 e. The van der Waals surface area contributed by atoms with E-state index in [-0.39, 0.29) is 6.61 Å². The molecule has 0 aromatic rings. The lowest BCUT2D eigenvalue weighted by Crippen LogP contribution is -2.33. The second kappa shape index (κ2) is 6.95. The van der Waals surface area contributed by atoms with Crippen molar-refractivity contribution in [2.45, 2.75) is 19.9 Å². The quantitative estimate of drug-likeness (QED) is 0.614. The zero-order valence-corrected chi connectivity index (χ0v) is 8.52. The maximum atomic E-state index is 8.81. The van der Waals surface area contributed by atoms with Crippen molar-refractivity contribution in [1.82, 2.24) is 4.90 Å².